The SMILES string of the molecule is [C-]#[N+]c1ccc(-c2nc(-c3ccc4c(c3)-c3ccccc3C4(C)C)nc(-c3cccc4c3nc(-c3ccccc3)c3ccc5sc6ccccc6c5c34)n2)cc1. The summed E-state index contributed by atoms with van der Waals surface area (Å²) in [6, 6.07) is 52.6. The van der Waals surface area contributed by atoms with E-state index in [9.17, 15) is 0 Å². The van der Waals surface area contributed by atoms with E-state index in [-0.39, 0.29) is 5.41 Å². The van der Waals surface area contributed by atoms with Crippen LogP contribution in [0.15, 0.2) is 152 Å². The number of hydrogen-bond donors (Lipinski definition) is 0. The van der Waals surface area contributed by atoms with E-state index in [1.165, 1.54) is 47.8 Å². The van der Waals surface area contributed by atoms with Gasteiger partial charge in [0.15, 0.2) is 23.2 Å². The third-order valence-corrected chi connectivity index (χ3v) is 12.5. The number of rotatable bonds is 4. The van der Waals surface area contributed by atoms with Crippen molar-refractivity contribution in [1.82, 2.24) is 19.9 Å². The Kier molecular flexibility index (Phi) is 7.07. The summed E-state index contributed by atoms with van der Waals surface area (Å²) in [5.74, 6) is 1.66. The van der Waals surface area contributed by atoms with Gasteiger partial charge in [0, 0.05) is 64.0 Å². The lowest BCUT2D eigenvalue weighted by molar-refractivity contribution is 0.660. The molecule has 0 radical (unpaired) electrons. The van der Waals surface area contributed by atoms with Crippen molar-refractivity contribution in [1.29, 1.82) is 0 Å². The number of pyridine rings is 1. The standard InChI is InChI=1S/C50H31N5S/c1-50(2)39-18-9-7-14-33(39)38-28-31(22-26-40(38)50)48-53-47(30-20-23-32(51-3)24-21-30)54-49(55-48)37-17-11-16-35-43-36(45(52-46(35)37)29-12-5-4-6-13-29)25-27-42-44(43)34-15-8-10-19-41(34)56-42/h4-28H,1-2H3. The highest BCUT2D eigenvalue weighted by Gasteiger charge is 2.35. The Balaban J connectivity index is 1.21. The molecule has 56 heavy (non-hydrogen) atoms. The van der Waals surface area contributed by atoms with Crippen LogP contribution >= 0.6 is 11.3 Å². The number of nitrogens with zero attached hydrogens (tertiary/aromatic N) is 5. The van der Waals surface area contributed by atoms with Crippen LogP contribution in [0.2, 0.25) is 0 Å². The average molecular weight is 734 g/mol. The molecule has 0 aliphatic heterocycles. The first-order valence-electron chi connectivity index (χ1n) is 18.7. The van der Waals surface area contributed by atoms with Gasteiger partial charge in [0.2, 0.25) is 0 Å². The molecule has 0 unspecified atom stereocenters. The molecule has 0 fully saturated rings. The van der Waals surface area contributed by atoms with Crippen molar-refractivity contribution in [3.8, 4) is 56.5 Å². The molecule has 0 saturated heterocycles. The quantitative estimate of drug-likeness (QED) is 0.133. The van der Waals surface area contributed by atoms with Gasteiger partial charge in [-0.25, -0.2) is 24.8 Å². The zero-order valence-corrected chi connectivity index (χ0v) is 31.4. The number of fused-ring (bicyclic) bond motifs is 10. The van der Waals surface area contributed by atoms with E-state index in [1.54, 1.807) is 0 Å². The zero-order chi connectivity index (χ0) is 37.5. The van der Waals surface area contributed by atoms with Crippen LogP contribution in [0.25, 0.3) is 103 Å². The summed E-state index contributed by atoms with van der Waals surface area (Å²) in [5.41, 5.74) is 10.8. The van der Waals surface area contributed by atoms with Crippen LogP contribution in [-0.4, -0.2) is 19.9 Å². The van der Waals surface area contributed by atoms with Crippen molar-refractivity contribution in [2.45, 2.75) is 19.3 Å². The third kappa shape index (κ3) is 4.85. The summed E-state index contributed by atoms with van der Waals surface area (Å²) in [5, 5.41) is 5.81. The molecule has 5 nitrogen and oxygen atoms in total. The van der Waals surface area contributed by atoms with E-state index >= 15 is 0 Å². The Labute approximate surface area is 327 Å². The highest BCUT2D eigenvalue weighted by atomic mass is 32.1. The van der Waals surface area contributed by atoms with E-state index in [0.29, 0.717) is 23.2 Å². The highest BCUT2D eigenvalue weighted by molar-refractivity contribution is 7.26. The van der Waals surface area contributed by atoms with Gasteiger partial charge in [-0.15, -0.1) is 11.3 Å². The average Bonchev–Trinajstić information content (AvgIpc) is 3.75. The molecule has 262 valence electrons. The van der Waals surface area contributed by atoms with Crippen LogP contribution in [0.3, 0.4) is 0 Å². The second kappa shape index (κ2) is 12.2. The lowest BCUT2D eigenvalue weighted by Crippen LogP contribution is -2.14. The molecule has 0 saturated carbocycles. The number of thiophene rings is 1. The Morgan fingerprint density at radius 2 is 1.16 bits per heavy atom. The largest absolute Gasteiger partial charge is 0.246 e. The molecule has 11 rings (SSSR count). The van der Waals surface area contributed by atoms with Crippen molar-refractivity contribution >= 4 is 58.9 Å². The summed E-state index contributed by atoms with van der Waals surface area (Å²) in [6.07, 6.45) is 0. The van der Waals surface area contributed by atoms with Crippen molar-refractivity contribution in [2.24, 2.45) is 0 Å². The molecule has 0 spiro atoms. The lowest BCUT2D eigenvalue weighted by Gasteiger charge is -2.21. The maximum atomic E-state index is 7.53. The van der Waals surface area contributed by atoms with Gasteiger partial charge in [0.25, 0.3) is 0 Å². The maximum Gasteiger partial charge on any atom is 0.187 e. The normalized spacial score (nSPS) is 12.9. The van der Waals surface area contributed by atoms with Crippen molar-refractivity contribution in [3.05, 3.63) is 174 Å². The first kappa shape index (κ1) is 32.4. The fourth-order valence-electron chi connectivity index (χ4n) is 8.63. The summed E-state index contributed by atoms with van der Waals surface area (Å²) >= 11 is 1.82. The second-order valence-electron chi connectivity index (χ2n) is 14.9. The fourth-order valence-corrected chi connectivity index (χ4v) is 9.74. The molecule has 0 amide bonds. The first-order chi connectivity index (χ1) is 27.5. The van der Waals surface area contributed by atoms with E-state index in [1.807, 2.05) is 41.7 Å². The number of benzene rings is 7. The van der Waals surface area contributed by atoms with Gasteiger partial charge in [-0.2, -0.15) is 0 Å². The van der Waals surface area contributed by atoms with E-state index in [0.717, 1.165) is 44.2 Å². The van der Waals surface area contributed by atoms with Crippen molar-refractivity contribution in [2.75, 3.05) is 0 Å². The maximum absolute atomic E-state index is 7.53. The number of para-hydroxylation sites is 1. The predicted molar refractivity (Wildman–Crippen MR) is 231 cm³/mol. The summed E-state index contributed by atoms with van der Waals surface area (Å²) in [6.45, 7) is 12.1. The molecule has 7 aromatic carbocycles. The van der Waals surface area contributed by atoms with Gasteiger partial charge in [0.1, 0.15) is 0 Å². The smallest absolute Gasteiger partial charge is 0.187 e. The Morgan fingerprint density at radius 3 is 2.00 bits per heavy atom. The predicted octanol–water partition coefficient (Wildman–Crippen LogP) is 13.5. The van der Waals surface area contributed by atoms with Crippen LogP contribution in [-0.2, 0) is 5.41 Å². The number of aromatic nitrogens is 4. The summed E-state index contributed by atoms with van der Waals surface area (Å²) in [7, 11) is 0. The van der Waals surface area contributed by atoms with E-state index < -0.39 is 0 Å². The molecule has 10 aromatic rings. The topological polar surface area (TPSA) is 55.9 Å². The highest BCUT2D eigenvalue weighted by Crippen LogP contribution is 2.50. The van der Waals surface area contributed by atoms with Gasteiger partial charge >= 0.3 is 0 Å². The second-order valence-corrected chi connectivity index (χ2v) is 16.0. The Bertz CT molecular complexity index is 3280. The lowest BCUT2D eigenvalue weighted by atomic mass is 9.82. The van der Waals surface area contributed by atoms with Crippen LogP contribution in [0.5, 0.6) is 0 Å². The van der Waals surface area contributed by atoms with Crippen molar-refractivity contribution in [3.63, 3.8) is 0 Å². The molecule has 1 aliphatic carbocycles. The van der Waals surface area contributed by atoms with Gasteiger partial charge < -0.3 is 0 Å². The molecular formula is C50H31N5S. The molecule has 0 N–H and O–H groups in total. The summed E-state index contributed by atoms with van der Waals surface area (Å²) < 4.78 is 2.50. The minimum Gasteiger partial charge on any atom is -0.246 e. The monoisotopic (exact) mass is 733 g/mol. The summed E-state index contributed by atoms with van der Waals surface area (Å²) in [4.78, 5) is 24.7. The van der Waals surface area contributed by atoms with Gasteiger partial charge in [0.05, 0.1) is 17.8 Å². The third-order valence-electron chi connectivity index (χ3n) is 11.3. The molecule has 6 heteroatoms. The Hall–Kier alpha value is -7.07. The molecular weight excluding hydrogens is 703 g/mol. The first-order valence-corrected chi connectivity index (χ1v) is 19.5. The minimum atomic E-state index is -0.114. The number of hydrogen-bond acceptors (Lipinski definition) is 5. The van der Waals surface area contributed by atoms with Gasteiger partial charge in [-0.1, -0.05) is 141 Å². The van der Waals surface area contributed by atoms with Crippen molar-refractivity contribution < 1.29 is 0 Å². The molecule has 3 aromatic heterocycles. The molecule has 0 bridgehead atoms. The van der Waals surface area contributed by atoms with E-state index in [2.05, 4.69) is 140 Å². The zero-order valence-electron chi connectivity index (χ0n) is 30.6. The van der Waals surface area contributed by atoms with Crippen LogP contribution in [0.4, 0.5) is 5.69 Å². The van der Waals surface area contributed by atoms with Crippen LogP contribution in [0.1, 0.15) is 25.0 Å². The van der Waals surface area contributed by atoms with E-state index in [4.69, 9.17) is 26.5 Å². The van der Waals surface area contributed by atoms with Crippen LogP contribution < -0.4 is 0 Å². The Morgan fingerprint density at radius 1 is 0.482 bits per heavy atom. The molecule has 0 atom stereocenters. The minimum absolute atomic E-state index is 0.114. The van der Waals surface area contributed by atoms with Crippen LogP contribution in [0, 0.1) is 6.57 Å². The van der Waals surface area contributed by atoms with Gasteiger partial charge in [-0.3, -0.25) is 0 Å². The molecule has 1 aliphatic rings. The van der Waals surface area contributed by atoms with Gasteiger partial charge in [-0.05, 0) is 46.5 Å². The fraction of sp³-hybridized carbons (Fsp3) is 0.0600. The molecule has 3 heterocycles.